The van der Waals surface area contributed by atoms with Gasteiger partial charge in [-0.1, -0.05) is 39.0 Å². The zero-order valence-electron chi connectivity index (χ0n) is 35.9. The molecule has 0 aromatic carbocycles. The topological polar surface area (TPSA) is 404 Å². The third kappa shape index (κ3) is 15.3. The second kappa shape index (κ2) is 26.7. The van der Waals surface area contributed by atoms with Crippen LogP contribution < -0.4 is 40.0 Å². The van der Waals surface area contributed by atoms with Crippen molar-refractivity contribution >= 4 is 22.2 Å². The number of nitrogens with one attached hydrogen (secondary N) is 1. The van der Waals surface area contributed by atoms with Gasteiger partial charge in [-0.2, -0.15) is 8.42 Å². The molecule has 0 unspecified atom stereocenters. The van der Waals surface area contributed by atoms with Crippen LogP contribution in [-0.4, -0.2) is 232 Å². The van der Waals surface area contributed by atoms with Gasteiger partial charge in [0.05, 0.1) is 26.4 Å². The largest absolute Gasteiger partial charge is 1.00 e. The molecule has 1 amide bonds. The number of ether oxygens (including phenoxy) is 8. The molecular weight excluding hydrogens is 899 g/mol. The van der Waals surface area contributed by atoms with Crippen LogP contribution in [0.2, 0.25) is 0 Å². The summed E-state index contributed by atoms with van der Waals surface area (Å²) in [4.78, 5) is 16.2. The average molecular weight is 963 g/mol. The van der Waals surface area contributed by atoms with Crippen LogP contribution in [0.25, 0.3) is 0 Å². The van der Waals surface area contributed by atoms with Crippen LogP contribution in [0.1, 0.15) is 59.3 Å². The maximum absolute atomic E-state index is 12.4. The molecule has 0 radical (unpaired) electrons. The van der Waals surface area contributed by atoms with Crippen LogP contribution >= 0.6 is 0 Å². The summed E-state index contributed by atoms with van der Waals surface area (Å²) >= 11 is 0. The first kappa shape index (κ1) is 57.4. The summed E-state index contributed by atoms with van der Waals surface area (Å²) in [5.74, 6) is -1.59. The predicted molar refractivity (Wildman–Crippen MR) is 204 cm³/mol. The van der Waals surface area contributed by atoms with E-state index in [0.717, 1.165) is 46.0 Å². The number of rotatable bonds is 22. The van der Waals surface area contributed by atoms with E-state index in [-0.39, 0.29) is 36.2 Å². The first-order valence-electron chi connectivity index (χ1n) is 20.7. The average Bonchev–Trinajstić information content (AvgIpc) is 3.22. The Bertz CT molecular complexity index is 1540. The standard InChI is InChI=1S/C36H64N2O24S.Na/c1-4-5-6-7-8-9-10-54-33-22(38-16(3)43)31(24(45)18(12-40)56-33)61-36-29(50)32(25(46)19(13-41)58-36)62-34-21(37-15(2)42)26(47)30(20(59-34)14-55-63(51,52)53)60-35-28(49)27(48)23(44)17(11-39)57-35;/h17-36,39-41,44-50H,4-14H2,1-3H3,(H,37,42)(H,38,43)(H,51,52,53);/q;+1/p-1/t17-,18-,19-,20-,21-,22-,23+,24+,25+,26-,27+,28-,29-,30-,31-,32+,33+,34+,35+,36+;/m1./s1. The van der Waals surface area contributed by atoms with Gasteiger partial charge in [-0.25, -0.2) is 4.18 Å². The van der Waals surface area contributed by atoms with E-state index in [1.807, 2.05) is 0 Å². The van der Waals surface area contributed by atoms with Gasteiger partial charge in [0, 0.05) is 13.5 Å². The van der Waals surface area contributed by atoms with Crippen molar-refractivity contribution in [2.45, 2.75) is 182 Å². The molecule has 0 bridgehead atoms. The van der Waals surface area contributed by atoms with E-state index in [0.29, 0.717) is 6.42 Å². The normalized spacial score (nSPS) is 41.0. The number of carbonyl (C=O) groups excluding carboxylic acids is 1. The van der Waals surface area contributed by atoms with Crippen molar-refractivity contribution in [2.24, 2.45) is 4.99 Å². The molecule has 4 rings (SSSR count). The van der Waals surface area contributed by atoms with Gasteiger partial charge >= 0.3 is 40.0 Å². The minimum atomic E-state index is -5.25. The fourth-order valence-electron chi connectivity index (χ4n) is 7.63. The van der Waals surface area contributed by atoms with Crippen molar-refractivity contribution in [1.29, 1.82) is 0 Å². The molecule has 64 heavy (non-hydrogen) atoms. The van der Waals surface area contributed by atoms with Gasteiger partial charge in [0.1, 0.15) is 97.5 Å². The summed E-state index contributed by atoms with van der Waals surface area (Å²) in [6.45, 7) is 0.532. The molecule has 0 saturated carbocycles. The van der Waals surface area contributed by atoms with Crippen molar-refractivity contribution < 1.29 is 146 Å². The van der Waals surface area contributed by atoms with E-state index in [4.69, 9.17) is 37.9 Å². The Hall–Kier alpha value is -0.910. The van der Waals surface area contributed by atoms with Crippen LogP contribution in [0.3, 0.4) is 0 Å². The molecule has 0 aliphatic carbocycles. The van der Waals surface area contributed by atoms with E-state index in [1.54, 1.807) is 0 Å². The van der Waals surface area contributed by atoms with E-state index in [9.17, 15) is 73.9 Å². The third-order valence-corrected chi connectivity index (χ3v) is 11.3. The molecule has 0 aromatic heterocycles. The van der Waals surface area contributed by atoms with E-state index < -0.39 is 171 Å². The van der Waals surface area contributed by atoms with E-state index in [1.165, 1.54) is 0 Å². The molecule has 4 saturated heterocycles. The maximum Gasteiger partial charge on any atom is 1.00 e. The Morgan fingerprint density at radius 3 is 1.70 bits per heavy atom. The quantitative estimate of drug-likeness (QED) is 0.0158. The molecule has 26 nitrogen and oxygen atoms in total. The van der Waals surface area contributed by atoms with Crippen LogP contribution in [0.5, 0.6) is 0 Å². The Kier molecular flexibility index (Phi) is 24.0. The number of amides is 1. The molecule has 4 aliphatic rings. The van der Waals surface area contributed by atoms with Crippen molar-refractivity contribution in [2.75, 3.05) is 33.0 Å². The second-order valence-corrected chi connectivity index (χ2v) is 16.8. The zero-order chi connectivity index (χ0) is 46.8. The van der Waals surface area contributed by atoms with Crippen molar-refractivity contribution in [3.63, 3.8) is 0 Å². The summed E-state index contributed by atoms with van der Waals surface area (Å²) in [6.07, 6.45) is -27.7. The smallest absolute Gasteiger partial charge is 0.862 e. The zero-order valence-corrected chi connectivity index (χ0v) is 38.7. The maximum atomic E-state index is 12.4. The summed E-state index contributed by atoms with van der Waals surface area (Å²) in [5, 5.41) is 122. The number of unbranched alkanes of at least 4 members (excludes halogenated alkanes) is 5. The molecule has 4 heterocycles. The van der Waals surface area contributed by atoms with Crippen LogP contribution in [0, 0.1) is 0 Å². The molecule has 12 N–H and O–H groups in total. The van der Waals surface area contributed by atoms with Gasteiger partial charge in [-0.05, 0) is 19.2 Å². The van der Waals surface area contributed by atoms with Gasteiger partial charge < -0.3 is 99.4 Å². The number of nitrogens with zero attached hydrogens (tertiary/aromatic N) is 1. The minimum absolute atomic E-state index is 0. The van der Waals surface area contributed by atoms with Gasteiger partial charge in [0.15, 0.2) is 25.2 Å². The predicted octanol–water partition coefficient (Wildman–Crippen LogP) is -9.60. The van der Waals surface area contributed by atoms with Crippen molar-refractivity contribution in [3.05, 3.63) is 0 Å². The monoisotopic (exact) mass is 962 g/mol. The number of carbonyl (C=O) groups is 1. The molecule has 28 heteroatoms. The summed E-state index contributed by atoms with van der Waals surface area (Å²) in [7, 11) is -5.25. The molecule has 368 valence electrons. The van der Waals surface area contributed by atoms with Gasteiger partial charge in [0.2, 0.25) is 5.91 Å². The van der Waals surface area contributed by atoms with Crippen LogP contribution in [-0.2, 0) is 57.3 Å². The van der Waals surface area contributed by atoms with Gasteiger partial charge in [-0.3, -0.25) is 14.3 Å². The Morgan fingerprint density at radius 2 is 1.14 bits per heavy atom. The van der Waals surface area contributed by atoms with E-state index >= 15 is 0 Å². The summed E-state index contributed by atoms with van der Waals surface area (Å²) in [5.41, 5.74) is 0. The van der Waals surface area contributed by atoms with E-state index in [2.05, 4.69) is 21.4 Å². The molecule has 0 aromatic rings. The Labute approximate surface area is 391 Å². The fraction of sp³-hybridized carbons (Fsp3) is 0.944. The SMILES string of the molecule is CCCCCCCCO[C@H]1O[C@H](CO)[C@H](O)[C@H](O[C@@H]2O[C@H](CO)[C@H](O)[C@H](O[C@@H]3O[C@H](COS(=O)(=O)O)[C@@H](O[C@@H]4O[C@H](CO)[C@H](O)[C@H](O)[C@H]4O)[C@H](O)[C@H]3N=C(C)[O-])[C@H]2O)[C@H]1NC(C)=O.[Na+]. The number of hydrogen-bond acceptors (Lipinski definition) is 24. The van der Waals surface area contributed by atoms with Gasteiger partial charge in [-0.15, -0.1) is 0 Å². The first-order chi connectivity index (χ1) is 29.8. The van der Waals surface area contributed by atoms with Crippen LogP contribution in [0.4, 0.5) is 0 Å². The Balaban J connectivity index is 0.0000109. The number of aliphatic hydroxyl groups is 10. The van der Waals surface area contributed by atoms with Crippen molar-refractivity contribution in [3.8, 4) is 0 Å². The first-order valence-corrected chi connectivity index (χ1v) is 22.0. The minimum Gasteiger partial charge on any atom is -0.862 e. The molecular formula is C36H63N2NaO24S. The summed E-state index contributed by atoms with van der Waals surface area (Å²) < 4.78 is 83.3. The molecule has 4 fully saturated rings. The second-order valence-electron chi connectivity index (χ2n) is 15.7. The number of aliphatic imine (C=N–C) groups is 1. The number of aliphatic hydroxyl groups excluding tert-OH is 10. The Morgan fingerprint density at radius 1 is 0.641 bits per heavy atom. The molecule has 4 aliphatic heterocycles. The van der Waals surface area contributed by atoms with Crippen molar-refractivity contribution in [1.82, 2.24) is 5.32 Å². The molecule has 20 atom stereocenters. The summed E-state index contributed by atoms with van der Waals surface area (Å²) in [6, 6.07) is -3.22. The fourth-order valence-corrected chi connectivity index (χ4v) is 7.94. The number of hydrogen-bond donors (Lipinski definition) is 12. The van der Waals surface area contributed by atoms with Gasteiger partial charge in [0.25, 0.3) is 0 Å². The third-order valence-electron chi connectivity index (χ3n) is 10.9. The molecule has 0 spiro atoms. The van der Waals surface area contributed by atoms with Crippen LogP contribution in [0.15, 0.2) is 4.99 Å².